The van der Waals surface area contributed by atoms with Gasteiger partial charge in [0, 0.05) is 0 Å². The fraction of sp³-hybridized carbons (Fsp3) is 0. The Kier molecular flexibility index (Phi) is 20.0. The van der Waals surface area contributed by atoms with E-state index in [0.717, 1.165) is 0 Å². The average Bonchev–Trinajstić information content (AvgIpc) is 0.707. The van der Waals surface area contributed by atoms with Crippen molar-refractivity contribution in [3.63, 3.8) is 0 Å². The van der Waals surface area contributed by atoms with E-state index in [2.05, 4.69) is 0 Å². The Morgan fingerprint density at radius 1 is 0.104 bits per heavy atom. The normalized spacial score (nSPS) is 11.7. The molecule has 0 unspecified atom stereocenters. The number of fused-ring (bicyclic) bond motifs is 6. The highest BCUT2D eigenvalue weighted by Gasteiger charge is 2.50. The predicted octanol–water partition coefficient (Wildman–Crippen LogP) is 17.3. The molecule has 12 rings (SSSR count). The number of rotatable bonds is 6. The monoisotopic (exact) mass is 1600 g/mol. The minimum Gasteiger partial charge on any atom is -0.512 e. The quantitative estimate of drug-likeness (QED) is 0.0535. The molecule has 0 aliphatic rings. The second kappa shape index (κ2) is 27.0. The summed E-state index contributed by atoms with van der Waals surface area (Å²) in [7, 11) is 0. The van der Waals surface area contributed by atoms with Crippen molar-refractivity contribution < 1.29 is 184 Å². The first-order chi connectivity index (χ1) is 49.2. The zero-order valence-corrected chi connectivity index (χ0v) is 50.3. The van der Waals surface area contributed by atoms with Crippen LogP contribution in [-0.2, 0) is 0 Å². The van der Waals surface area contributed by atoms with Crippen molar-refractivity contribution in [3.05, 3.63) is 251 Å². The third-order valence-corrected chi connectivity index (χ3v) is 22.5. The lowest BCUT2D eigenvalue weighted by atomic mass is 10.1. The first kappa shape index (κ1) is 78.4. The van der Waals surface area contributed by atoms with E-state index >= 15 is 79.0 Å². The van der Waals surface area contributed by atoms with Crippen molar-refractivity contribution in [3.8, 4) is 0 Å². The first-order valence-electron chi connectivity index (χ1n) is 26.4. The molecule has 0 spiro atoms. The van der Waals surface area contributed by atoms with Crippen LogP contribution in [0.4, 0.5) is 184 Å². The molecule has 0 bridgehead atoms. The summed E-state index contributed by atoms with van der Waals surface area (Å²) in [6.07, 6.45) is 0. The van der Waals surface area contributed by atoms with Gasteiger partial charge in [-0.25, -0.2) is 184 Å². The third-order valence-electron chi connectivity index (χ3n) is 16.0. The Morgan fingerprint density at radius 3 is 0.255 bits per heavy atom. The molecule has 106 heavy (non-hydrogen) atoms. The lowest BCUT2D eigenvalue weighted by molar-refractivity contribution is 0.412. The molecule has 1 nitrogen and oxygen atoms in total. The van der Waals surface area contributed by atoms with Gasteiger partial charge >= 0.3 is 28.3 Å². The molecule has 0 radical (unpaired) electrons. The van der Waals surface area contributed by atoms with Crippen LogP contribution in [0.15, 0.2) is 0 Å². The van der Waals surface area contributed by atoms with Gasteiger partial charge in [-0.3, -0.25) is 0 Å². The number of hydrogen-bond acceptors (Lipinski definition) is 1. The molecule has 0 aliphatic carbocycles. The molecular weight excluding hydrogens is 1600 g/mol. The van der Waals surface area contributed by atoms with Gasteiger partial charge in [-0.15, -0.1) is 0 Å². The van der Waals surface area contributed by atoms with Crippen LogP contribution < -0.4 is 26.6 Å². The summed E-state index contributed by atoms with van der Waals surface area (Å²) in [5.74, 6) is -129. The highest BCUT2D eigenvalue weighted by Crippen LogP contribution is 2.41. The fourth-order valence-electron chi connectivity index (χ4n) is 11.4. The Hall–Kier alpha value is -10.2. The summed E-state index contributed by atoms with van der Waals surface area (Å²) >= 11 is -13.3. The topological polar surface area (TPSA) is 23.8 Å². The van der Waals surface area contributed by atoms with Crippen LogP contribution in [-0.4, -0.2) is 28.3 Å². The molecule has 45 heteroatoms. The summed E-state index contributed by atoms with van der Waals surface area (Å²) in [6.45, 7) is 4.75. The number of benzene rings is 12. The molecular formula is C61Al2F42N-. The molecule has 0 aromatic heterocycles. The maximum absolute atomic E-state index is 16.1. The van der Waals surface area contributed by atoms with Crippen LogP contribution in [0.2, 0.25) is 0 Å². The number of nitrogens with zero attached hydrogens (tertiary/aromatic N) is 1. The number of hydrogen-bond donors (Lipinski definition) is 0. The molecule has 0 saturated heterocycles. The maximum atomic E-state index is 16.1. The van der Waals surface area contributed by atoms with Gasteiger partial charge in [0.25, 0.3) is 0 Å². The summed E-state index contributed by atoms with van der Waals surface area (Å²) in [5.41, 5.74) is 0. The molecule has 0 amide bonds. The molecule has 0 heterocycles. The van der Waals surface area contributed by atoms with E-state index in [4.69, 9.17) is 11.8 Å². The minimum absolute atomic E-state index is 2.52. The van der Waals surface area contributed by atoms with Gasteiger partial charge in [-0.1, -0.05) is 0 Å². The molecule has 0 saturated carbocycles. The van der Waals surface area contributed by atoms with Crippen LogP contribution >= 0.6 is 0 Å². The SMILES string of the molecule is Fc1c(F)c(F)c2c(F)[c]([Al]([c]3c(F)c(F)c4c(F)c(F)c(F)c(F)c4c3F)[c]3c(F)c(F)c4c(F)c(F)c(F)c(F)c4c3F)c(F)c(F)c2c1F.Fc1c(F)c(F)c2c(F)[c]([Al]([c]3c(F)c(F)c4c(F)c(F)c(F)c(F)c4c3F)[c]3c(F)c(F)c4c(F)c(F)c(F)c(F)c4c3F)c(F)c(F)c2c1F.[C-]#N. The van der Waals surface area contributed by atoms with Crippen molar-refractivity contribution in [2.75, 3.05) is 0 Å². The van der Waals surface area contributed by atoms with Crippen LogP contribution in [0.1, 0.15) is 0 Å². The predicted molar refractivity (Wildman–Crippen MR) is 276 cm³/mol. The highest BCUT2D eigenvalue weighted by atomic mass is 27.2. The van der Waals surface area contributed by atoms with Crippen LogP contribution in [0.25, 0.3) is 64.6 Å². The Morgan fingerprint density at radius 2 is 0.170 bits per heavy atom. The van der Waals surface area contributed by atoms with E-state index < -0.39 is 364 Å². The van der Waals surface area contributed by atoms with Crippen molar-refractivity contribution in [2.24, 2.45) is 0 Å². The third kappa shape index (κ3) is 10.5. The largest absolute Gasteiger partial charge is 0.512 e. The fourth-order valence-corrected chi connectivity index (χ4v) is 17.8. The highest BCUT2D eigenvalue weighted by molar-refractivity contribution is 6.97. The molecule has 0 atom stereocenters. The van der Waals surface area contributed by atoms with Crippen LogP contribution in [0.3, 0.4) is 0 Å². The van der Waals surface area contributed by atoms with Crippen LogP contribution in [0.5, 0.6) is 0 Å². The summed E-state index contributed by atoms with van der Waals surface area (Å²) in [6, 6.07) is 0. The van der Waals surface area contributed by atoms with E-state index in [1.54, 1.807) is 0 Å². The van der Waals surface area contributed by atoms with Crippen molar-refractivity contribution in [2.45, 2.75) is 0 Å². The average molecular weight is 1600 g/mol. The van der Waals surface area contributed by atoms with Gasteiger partial charge in [0.2, 0.25) is 0 Å². The molecule has 12 aromatic rings. The summed E-state index contributed by atoms with van der Waals surface area (Å²) in [4.78, 5) is 0. The van der Waals surface area contributed by atoms with Crippen molar-refractivity contribution in [1.29, 1.82) is 5.26 Å². The van der Waals surface area contributed by atoms with Gasteiger partial charge in [0.05, 0.1) is 64.6 Å². The second-order valence-electron chi connectivity index (χ2n) is 21.0. The van der Waals surface area contributed by atoms with E-state index in [9.17, 15) is 105 Å². The Balaban J connectivity index is 0.000000222. The van der Waals surface area contributed by atoms with Gasteiger partial charge in [-0.05, 0) is 26.6 Å². The molecule has 12 aromatic carbocycles. The smallest absolute Gasteiger partial charge is 0.412 e. The van der Waals surface area contributed by atoms with Gasteiger partial charge in [0.15, 0.2) is 175 Å². The van der Waals surface area contributed by atoms with Crippen molar-refractivity contribution in [1.82, 2.24) is 0 Å². The summed E-state index contributed by atoms with van der Waals surface area (Å²) < 4.78 is 611. The van der Waals surface area contributed by atoms with E-state index in [-0.39, 0.29) is 0 Å². The Labute approximate surface area is 558 Å². The lowest BCUT2D eigenvalue weighted by Crippen LogP contribution is -2.60. The van der Waals surface area contributed by atoms with Crippen LogP contribution in [0, 0.1) is 256 Å². The molecule has 0 N–H and O–H groups in total. The van der Waals surface area contributed by atoms with Gasteiger partial charge in [0.1, 0.15) is 69.8 Å². The van der Waals surface area contributed by atoms with E-state index in [0.29, 0.717) is 0 Å². The van der Waals surface area contributed by atoms with E-state index in [1.807, 2.05) is 0 Å². The second-order valence-corrected chi connectivity index (χ2v) is 26.2. The zero-order chi connectivity index (χ0) is 79.8. The first-order valence-corrected chi connectivity index (χ1v) is 29.9. The van der Waals surface area contributed by atoms with Gasteiger partial charge in [-0.2, -0.15) is 0 Å². The molecule has 0 fully saturated rings. The number of halogens is 42. The van der Waals surface area contributed by atoms with Gasteiger partial charge < -0.3 is 11.8 Å². The molecule has 0 aliphatic heterocycles. The lowest BCUT2D eigenvalue weighted by Gasteiger charge is -2.22. The maximum Gasteiger partial charge on any atom is 0.412 e. The standard InChI is InChI=1S/6C10F7.CN.2Al/c6*11-2-1-3(12)6(13)5-4(2)7(14)9(16)10(17)8(5)15;1-2;;/q;;;;;;-1;;. The van der Waals surface area contributed by atoms with E-state index in [1.165, 1.54) is 0 Å². The minimum atomic E-state index is -6.63. The van der Waals surface area contributed by atoms with Crippen molar-refractivity contribution >= 4 is 119 Å². The summed E-state index contributed by atoms with van der Waals surface area (Å²) in [5, 5.41) is -24.5. The Bertz CT molecular complexity index is 5160. The molecule has 550 valence electrons. The zero-order valence-electron chi connectivity index (χ0n) is 48.0.